The highest BCUT2D eigenvalue weighted by molar-refractivity contribution is 5.92. The zero-order valence-electron chi connectivity index (χ0n) is 14.1. The minimum atomic E-state index is 0.0622. The number of amides is 1. The fourth-order valence-electron chi connectivity index (χ4n) is 4.22. The first kappa shape index (κ1) is 15.8. The molecule has 24 heavy (non-hydrogen) atoms. The molecule has 2 aliphatic heterocycles. The number of hydrogen-bond acceptors (Lipinski definition) is 4. The van der Waals surface area contributed by atoms with E-state index in [1.54, 1.807) is 0 Å². The molecule has 0 aromatic heterocycles. The van der Waals surface area contributed by atoms with Crippen LogP contribution in [0.15, 0.2) is 18.2 Å². The lowest BCUT2D eigenvalue weighted by Crippen LogP contribution is -2.58. The highest BCUT2D eigenvalue weighted by atomic mass is 16.6. The van der Waals surface area contributed by atoms with Gasteiger partial charge in [0.1, 0.15) is 13.2 Å². The number of carbonyl (C=O) groups is 1. The lowest BCUT2D eigenvalue weighted by molar-refractivity contribution is -0.121. The van der Waals surface area contributed by atoms with Gasteiger partial charge in [-0.1, -0.05) is 25.7 Å². The number of ether oxygens (including phenoxy) is 2. The molecule has 1 amide bonds. The molecular weight excluding hydrogens is 304 g/mol. The molecule has 2 fully saturated rings. The zero-order chi connectivity index (χ0) is 16.4. The van der Waals surface area contributed by atoms with Crippen molar-refractivity contribution in [3.05, 3.63) is 18.2 Å². The van der Waals surface area contributed by atoms with E-state index in [1.165, 1.54) is 38.5 Å². The van der Waals surface area contributed by atoms with Crippen molar-refractivity contribution in [1.29, 1.82) is 0 Å². The van der Waals surface area contributed by atoms with Gasteiger partial charge in [0.05, 0.1) is 6.54 Å². The molecule has 1 aliphatic carbocycles. The minimum absolute atomic E-state index is 0.0622. The van der Waals surface area contributed by atoms with Gasteiger partial charge in [-0.05, 0) is 30.9 Å². The van der Waals surface area contributed by atoms with E-state index in [2.05, 4.69) is 10.2 Å². The molecule has 1 saturated carbocycles. The average molecular weight is 330 g/mol. The van der Waals surface area contributed by atoms with Crippen LogP contribution in [0, 0.1) is 5.92 Å². The molecule has 0 spiro atoms. The van der Waals surface area contributed by atoms with E-state index in [9.17, 15) is 4.79 Å². The van der Waals surface area contributed by atoms with E-state index in [1.807, 2.05) is 18.2 Å². The van der Waals surface area contributed by atoms with Gasteiger partial charge in [0.15, 0.2) is 11.5 Å². The van der Waals surface area contributed by atoms with Crippen LogP contribution >= 0.6 is 0 Å². The Morgan fingerprint density at radius 2 is 1.88 bits per heavy atom. The largest absolute Gasteiger partial charge is 0.486 e. The second-order valence-corrected chi connectivity index (χ2v) is 7.16. The van der Waals surface area contributed by atoms with Crippen LogP contribution in [-0.4, -0.2) is 43.2 Å². The molecule has 5 heteroatoms. The van der Waals surface area contributed by atoms with Gasteiger partial charge in [-0.2, -0.15) is 0 Å². The smallest absolute Gasteiger partial charge is 0.238 e. The van der Waals surface area contributed by atoms with Crippen LogP contribution in [0.1, 0.15) is 38.5 Å². The third kappa shape index (κ3) is 3.36. The van der Waals surface area contributed by atoms with Crippen molar-refractivity contribution >= 4 is 11.6 Å². The summed E-state index contributed by atoms with van der Waals surface area (Å²) in [5, 5.41) is 3.00. The quantitative estimate of drug-likeness (QED) is 0.925. The predicted octanol–water partition coefficient (Wildman–Crippen LogP) is 3.05. The zero-order valence-corrected chi connectivity index (χ0v) is 14.1. The average Bonchev–Trinajstić information content (AvgIpc) is 2.57. The Kier molecular flexibility index (Phi) is 4.60. The van der Waals surface area contributed by atoms with Gasteiger partial charge in [-0.25, -0.2) is 0 Å². The number of carbonyl (C=O) groups excluding carboxylic acids is 1. The van der Waals surface area contributed by atoms with Crippen LogP contribution in [0.4, 0.5) is 5.69 Å². The van der Waals surface area contributed by atoms with E-state index in [0.717, 1.165) is 23.9 Å². The number of rotatable bonds is 3. The second-order valence-electron chi connectivity index (χ2n) is 7.16. The van der Waals surface area contributed by atoms with E-state index < -0.39 is 0 Å². The number of nitrogens with one attached hydrogen (secondary N) is 1. The summed E-state index contributed by atoms with van der Waals surface area (Å²) in [6, 6.07) is 6.20. The number of nitrogens with zero attached hydrogens (tertiary/aromatic N) is 1. The molecule has 0 bridgehead atoms. The molecule has 130 valence electrons. The number of hydrogen-bond donors (Lipinski definition) is 1. The molecule has 1 aromatic carbocycles. The van der Waals surface area contributed by atoms with Gasteiger partial charge in [0.2, 0.25) is 5.91 Å². The molecular formula is C19H26N2O3. The highest BCUT2D eigenvalue weighted by Gasteiger charge is 2.38. The lowest BCUT2D eigenvalue weighted by atomic mass is 9.79. The van der Waals surface area contributed by atoms with Crippen LogP contribution < -0.4 is 14.8 Å². The van der Waals surface area contributed by atoms with Crippen molar-refractivity contribution in [1.82, 2.24) is 4.90 Å². The maximum Gasteiger partial charge on any atom is 0.238 e. The first-order valence-electron chi connectivity index (χ1n) is 9.23. The molecule has 0 radical (unpaired) electrons. The van der Waals surface area contributed by atoms with Gasteiger partial charge in [-0.15, -0.1) is 0 Å². The van der Waals surface area contributed by atoms with Crippen LogP contribution in [0.25, 0.3) is 0 Å². The minimum Gasteiger partial charge on any atom is -0.486 e. The van der Waals surface area contributed by atoms with Crippen molar-refractivity contribution < 1.29 is 14.3 Å². The summed E-state index contributed by atoms with van der Waals surface area (Å²) in [6.07, 6.45) is 7.99. The summed E-state index contributed by atoms with van der Waals surface area (Å²) in [6.45, 7) is 2.71. The second kappa shape index (κ2) is 7.01. The van der Waals surface area contributed by atoms with Gasteiger partial charge in [0, 0.05) is 24.3 Å². The molecule has 1 aromatic rings. The van der Waals surface area contributed by atoms with Gasteiger partial charge < -0.3 is 14.8 Å². The van der Waals surface area contributed by atoms with Gasteiger partial charge in [0.25, 0.3) is 0 Å². The predicted molar refractivity (Wildman–Crippen MR) is 92.6 cm³/mol. The maximum absolute atomic E-state index is 12.4. The Morgan fingerprint density at radius 3 is 2.75 bits per heavy atom. The number of benzene rings is 1. The molecule has 2 heterocycles. The van der Waals surface area contributed by atoms with E-state index in [0.29, 0.717) is 31.5 Å². The first-order chi connectivity index (χ1) is 11.8. The summed E-state index contributed by atoms with van der Waals surface area (Å²) in [4.78, 5) is 14.7. The topological polar surface area (TPSA) is 50.8 Å². The summed E-state index contributed by atoms with van der Waals surface area (Å²) >= 11 is 0. The molecule has 2 atom stereocenters. The molecule has 2 unspecified atom stereocenters. The van der Waals surface area contributed by atoms with Crippen molar-refractivity contribution in [3.63, 3.8) is 0 Å². The summed E-state index contributed by atoms with van der Waals surface area (Å²) < 4.78 is 11.1. The number of likely N-dealkylation sites (tertiary alicyclic amines) is 1. The Labute approximate surface area is 143 Å². The third-order valence-electron chi connectivity index (χ3n) is 5.48. The van der Waals surface area contributed by atoms with Crippen molar-refractivity contribution in [2.75, 3.05) is 31.6 Å². The fourth-order valence-corrected chi connectivity index (χ4v) is 4.22. The molecule has 3 aliphatic rings. The van der Waals surface area contributed by atoms with Gasteiger partial charge in [-0.3, -0.25) is 9.69 Å². The Balaban J connectivity index is 1.32. The highest BCUT2D eigenvalue weighted by Crippen LogP contribution is 2.35. The molecule has 4 rings (SSSR count). The summed E-state index contributed by atoms with van der Waals surface area (Å²) in [5.41, 5.74) is 0.777. The number of fused-ring (bicyclic) bond motifs is 2. The summed E-state index contributed by atoms with van der Waals surface area (Å²) in [7, 11) is 0. The van der Waals surface area contributed by atoms with E-state index in [4.69, 9.17) is 9.47 Å². The SMILES string of the molecule is O=C(CN1CC2CCCCCCC21)Nc1ccc2c(c1)OCCO2. The standard InChI is InChI=1S/C19H26N2O3/c22-19(13-21-12-14-5-3-1-2-4-6-16(14)21)20-15-7-8-17-18(11-15)24-10-9-23-17/h7-8,11,14,16H,1-6,9-10,12-13H2,(H,20,22). The van der Waals surface area contributed by atoms with E-state index >= 15 is 0 Å². The molecule has 5 nitrogen and oxygen atoms in total. The normalized spacial score (nSPS) is 26.5. The maximum atomic E-state index is 12.4. The fraction of sp³-hybridized carbons (Fsp3) is 0.632. The van der Waals surface area contributed by atoms with Gasteiger partial charge >= 0.3 is 0 Å². The lowest BCUT2D eigenvalue weighted by Gasteiger charge is -2.49. The van der Waals surface area contributed by atoms with Crippen LogP contribution in [0.3, 0.4) is 0 Å². The first-order valence-corrected chi connectivity index (χ1v) is 9.23. The summed E-state index contributed by atoms with van der Waals surface area (Å²) in [5.74, 6) is 2.34. The Hall–Kier alpha value is -1.75. The number of anilines is 1. The van der Waals surface area contributed by atoms with Crippen molar-refractivity contribution in [2.45, 2.75) is 44.6 Å². The van der Waals surface area contributed by atoms with Crippen molar-refractivity contribution in [3.8, 4) is 11.5 Å². The van der Waals surface area contributed by atoms with Crippen LogP contribution in [0.5, 0.6) is 11.5 Å². The molecule has 1 saturated heterocycles. The van der Waals surface area contributed by atoms with Crippen molar-refractivity contribution in [2.24, 2.45) is 5.92 Å². The Bertz CT molecular complexity index is 604. The van der Waals surface area contributed by atoms with E-state index in [-0.39, 0.29) is 5.91 Å². The monoisotopic (exact) mass is 330 g/mol. The van der Waals surface area contributed by atoms with Crippen LogP contribution in [0.2, 0.25) is 0 Å². The molecule has 1 N–H and O–H groups in total. The Morgan fingerprint density at radius 1 is 1.08 bits per heavy atom. The third-order valence-corrected chi connectivity index (χ3v) is 5.48. The van der Waals surface area contributed by atoms with Crippen LogP contribution in [-0.2, 0) is 4.79 Å².